The summed E-state index contributed by atoms with van der Waals surface area (Å²) >= 11 is 1.42. The second-order valence-electron chi connectivity index (χ2n) is 7.17. The van der Waals surface area contributed by atoms with Crippen LogP contribution in [-0.4, -0.2) is 31.5 Å². The van der Waals surface area contributed by atoms with E-state index in [4.69, 9.17) is 5.14 Å². The molecule has 0 fully saturated rings. The van der Waals surface area contributed by atoms with Crippen LogP contribution < -0.4 is 10.5 Å². The van der Waals surface area contributed by atoms with Gasteiger partial charge in [0.1, 0.15) is 0 Å². The third kappa shape index (κ3) is 7.12. The van der Waals surface area contributed by atoms with Crippen LogP contribution in [-0.2, 0) is 16.4 Å². The average molecular weight is 452 g/mol. The van der Waals surface area contributed by atoms with Gasteiger partial charge in [0.25, 0.3) is 11.6 Å². The van der Waals surface area contributed by atoms with Gasteiger partial charge in [-0.1, -0.05) is 26.0 Å². The summed E-state index contributed by atoms with van der Waals surface area (Å²) in [6.07, 6.45) is 1.42. The molecule has 0 bridgehead atoms. The van der Waals surface area contributed by atoms with Gasteiger partial charge in [-0.2, -0.15) is 0 Å². The molecule has 8 nitrogen and oxygen atoms in total. The van der Waals surface area contributed by atoms with Crippen molar-refractivity contribution >= 4 is 33.4 Å². The smallest absolute Gasteiger partial charge is 0.283 e. The summed E-state index contributed by atoms with van der Waals surface area (Å²) in [6, 6.07) is 10.6. The minimum absolute atomic E-state index is 0.0222. The summed E-state index contributed by atoms with van der Waals surface area (Å²) in [5, 5.41) is 19.2. The van der Waals surface area contributed by atoms with E-state index >= 15 is 0 Å². The van der Waals surface area contributed by atoms with E-state index in [9.17, 15) is 23.3 Å². The van der Waals surface area contributed by atoms with Crippen molar-refractivity contribution in [1.82, 2.24) is 5.32 Å². The molecule has 2 aromatic carbocycles. The monoisotopic (exact) mass is 451 g/mol. The van der Waals surface area contributed by atoms with Gasteiger partial charge in [0.15, 0.2) is 0 Å². The number of rotatable bonds is 10. The van der Waals surface area contributed by atoms with Crippen LogP contribution in [0.3, 0.4) is 0 Å². The maximum Gasteiger partial charge on any atom is 0.283 e. The number of nitro groups is 1. The van der Waals surface area contributed by atoms with E-state index in [1.165, 1.54) is 30.0 Å². The number of amides is 1. The Balaban J connectivity index is 1.97. The van der Waals surface area contributed by atoms with Crippen LogP contribution in [0.4, 0.5) is 5.69 Å². The van der Waals surface area contributed by atoms with Gasteiger partial charge in [0.05, 0.1) is 14.7 Å². The predicted molar refractivity (Wildman–Crippen MR) is 117 cm³/mol. The molecule has 0 atom stereocenters. The van der Waals surface area contributed by atoms with E-state index in [2.05, 4.69) is 19.2 Å². The minimum Gasteiger partial charge on any atom is -0.352 e. The molecule has 0 heterocycles. The molecule has 30 heavy (non-hydrogen) atoms. The summed E-state index contributed by atoms with van der Waals surface area (Å²) < 4.78 is 22.5. The fraction of sp³-hybridized carbons (Fsp3) is 0.350. The number of carbonyl (C=O) groups is 1. The highest BCUT2D eigenvalue weighted by atomic mass is 32.2. The van der Waals surface area contributed by atoms with E-state index < -0.39 is 20.9 Å². The second-order valence-corrected chi connectivity index (χ2v) is 9.86. The number of nitro benzene ring substituents is 1. The molecule has 0 aromatic heterocycles. The Kier molecular flexibility index (Phi) is 8.39. The number of nitrogens with zero attached hydrogens (tertiary/aromatic N) is 1. The van der Waals surface area contributed by atoms with Gasteiger partial charge in [0.2, 0.25) is 10.0 Å². The van der Waals surface area contributed by atoms with Crippen molar-refractivity contribution < 1.29 is 18.1 Å². The number of primary sulfonamides is 1. The zero-order valence-corrected chi connectivity index (χ0v) is 18.5. The van der Waals surface area contributed by atoms with Crippen LogP contribution in [0.15, 0.2) is 52.3 Å². The van der Waals surface area contributed by atoms with Gasteiger partial charge < -0.3 is 5.32 Å². The van der Waals surface area contributed by atoms with Crippen LogP contribution in [0.2, 0.25) is 0 Å². The number of benzene rings is 2. The number of nitrogens with one attached hydrogen (secondary N) is 1. The van der Waals surface area contributed by atoms with Crippen LogP contribution >= 0.6 is 11.8 Å². The molecule has 0 spiro atoms. The van der Waals surface area contributed by atoms with Crippen molar-refractivity contribution in [2.24, 2.45) is 11.1 Å². The molecule has 0 aliphatic rings. The lowest BCUT2D eigenvalue weighted by atomic mass is 10.1. The van der Waals surface area contributed by atoms with Crippen molar-refractivity contribution in [2.45, 2.75) is 36.5 Å². The molecule has 2 aromatic rings. The van der Waals surface area contributed by atoms with Gasteiger partial charge in [-0.05, 0) is 54.3 Å². The SMILES string of the molecule is CC(C)CCSc1ccc(C(=O)NCCc2ccc(S(N)(=O)=O)cc2)cc1[N+](=O)[O-]. The lowest BCUT2D eigenvalue weighted by Crippen LogP contribution is -2.25. The van der Waals surface area contributed by atoms with Gasteiger partial charge >= 0.3 is 0 Å². The Morgan fingerprint density at radius 3 is 2.43 bits per heavy atom. The minimum atomic E-state index is -3.74. The van der Waals surface area contributed by atoms with Gasteiger partial charge in [0, 0.05) is 18.2 Å². The Labute approximate surface area is 180 Å². The molecule has 3 N–H and O–H groups in total. The summed E-state index contributed by atoms with van der Waals surface area (Å²) in [6.45, 7) is 4.49. The molecule has 0 saturated heterocycles. The van der Waals surface area contributed by atoms with E-state index in [0.717, 1.165) is 17.7 Å². The lowest BCUT2D eigenvalue weighted by molar-refractivity contribution is -0.387. The standard InChI is InChI=1S/C20H25N3O5S2/c1-14(2)10-12-29-19-8-5-16(13-18(19)23(25)26)20(24)22-11-9-15-3-6-17(7-4-15)30(21,27)28/h3-8,13-14H,9-12H2,1-2H3,(H,22,24)(H2,21,27,28). The molecule has 2 rings (SSSR count). The van der Waals surface area contributed by atoms with E-state index in [0.29, 0.717) is 23.8 Å². The number of hydrogen-bond donors (Lipinski definition) is 2. The van der Waals surface area contributed by atoms with E-state index in [1.54, 1.807) is 24.3 Å². The maximum absolute atomic E-state index is 12.4. The van der Waals surface area contributed by atoms with Gasteiger partial charge in [-0.25, -0.2) is 13.6 Å². The lowest BCUT2D eigenvalue weighted by Gasteiger charge is -2.08. The van der Waals surface area contributed by atoms with Crippen LogP contribution in [0, 0.1) is 16.0 Å². The van der Waals surface area contributed by atoms with Crippen LogP contribution in [0.25, 0.3) is 0 Å². The fourth-order valence-electron chi connectivity index (χ4n) is 2.60. The molecular formula is C20H25N3O5S2. The average Bonchev–Trinajstić information content (AvgIpc) is 2.67. The highest BCUT2D eigenvalue weighted by Crippen LogP contribution is 2.31. The molecule has 0 unspecified atom stereocenters. The van der Waals surface area contributed by atoms with Crippen molar-refractivity contribution in [3.8, 4) is 0 Å². The first-order valence-electron chi connectivity index (χ1n) is 9.39. The Bertz CT molecular complexity index is 1010. The molecule has 0 radical (unpaired) electrons. The number of nitrogens with two attached hydrogens (primary N) is 1. The first-order valence-corrected chi connectivity index (χ1v) is 11.9. The molecule has 162 valence electrons. The molecule has 10 heteroatoms. The zero-order valence-electron chi connectivity index (χ0n) is 16.8. The number of sulfonamides is 1. The van der Waals surface area contributed by atoms with Crippen molar-refractivity contribution in [3.05, 3.63) is 63.7 Å². The molecule has 1 amide bonds. The molecule has 0 aliphatic carbocycles. The van der Waals surface area contributed by atoms with Crippen molar-refractivity contribution in [3.63, 3.8) is 0 Å². The highest BCUT2D eigenvalue weighted by molar-refractivity contribution is 7.99. The summed E-state index contributed by atoms with van der Waals surface area (Å²) in [5.41, 5.74) is 0.972. The third-order valence-electron chi connectivity index (χ3n) is 4.32. The maximum atomic E-state index is 12.4. The largest absolute Gasteiger partial charge is 0.352 e. The summed E-state index contributed by atoms with van der Waals surface area (Å²) in [5.74, 6) is 0.879. The molecule has 0 aliphatic heterocycles. The zero-order chi connectivity index (χ0) is 22.3. The normalized spacial score (nSPS) is 11.5. The summed E-state index contributed by atoms with van der Waals surface area (Å²) in [4.78, 5) is 23.9. The van der Waals surface area contributed by atoms with Crippen molar-refractivity contribution in [2.75, 3.05) is 12.3 Å². The van der Waals surface area contributed by atoms with Gasteiger partial charge in [-0.15, -0.1) is 11.8 Å². The summed E-state index contributed by atoms with van der Waals surface area (Å²) in [7, 11) is -3.74. The molecule has 0 saturated carbocycles. The Morgan fingerprint density at radius 2 is 1.87 bits per heavy atom. The first-order chi connectivity index (χ1) is 14.1. The molecular weight excluding hydrogens is 426 g/mol. The van der Waals surface area contributed by atoms with E-state index in [-0.39, 0.29) is 16.1 Å². The van der Waals surface area contributed by atoms with Crippen LogP contribution in [0.1, 0.15) is 36.2 Å². The second kappa shape index (κ2) is 10.6. The number of hydrogen-bond acceptors (Lipinski definition) is 6. The quantitative estimate of drug-likeness (QED) is 0.323. The highest BCUT2D eigenvalue weighted by Gasteiger charge is 2.18. The first kappa shape index (κ1) is 23.8. The van der Waals surface area contributed by atoms with Gasteiger partial charge in [-0.3, -0.25) is 14.9 Å². The predicted octanol–water partition coefficient (Wildman–Crippen LogP) is 3.35. The fourth-order valence-corrected chi connectivity index (χ4v) is 4.37. The Morgan fingerprint density at radius 1 is 1.20 bits per heavy atom. The number of thioether (sulfide) groups is 1. The van der Waals surface area contributed by atoms with Crippen molar-refractivity contribution in [1.29, 1.82) is 0 Å². The van der Waals surface area contributed by atoms with E-state index in [1.807, 2.05) is 0 Å². The topological polar surface area (TPSA) is 132 Å². The Hall–Kier alpha value is -2.43. The third-order valence-corrected chi connectivity index (χ3v) is 6.35. The van der Waals surface area contributed by atoms with Crippen LogP contribution in [0.5, 0.6) is 0 Å². The number of carbonyl (C=O) groups excluding carboxylic acids is 1.